The van der Waals surface area contributed by atoms with E-state index in [0.29, 0.717) is 29.5 Å². The van der Waals surface area contributed by atoms with Crippen LogP contribution in [0.2, 0.25) is 0 Å². The summed E-state index contributed by atoms with van der Waals surface area (Å²) in [4.78, 5) is 24.7. The molecule has 0 atom stereocenters. The van der Waals surface area contributed by atoms with E-state index in [1.807, 2.05) is 54.3 Å². The first-order valence-corrected chi connectivity index (χ1v) is 11.7. The lowest BCUT2D eigenvalue weighted by Crippen LogP contribution is -2.28. The largest absolute Gasteiger partial charge is 0.497 e. The molecule has 0 aliphatic rings. The van der Waals surface area contributed by atoms with E-state index in [-0.39, 0.29) is 6.54 Å². The first-order valence-electron chi connectivity index (χ1n) is 11.7. The standard InChI is InChI=1S/C26H27N9O3/c1-34-7-6-21(33-34)20-14-35(18-8-16(10-28-13-18)11-30-26(27)36)25-23(20)24(31-15-32-25)29-12-17-4-5-19(37-2)9-22(17)38-3/h4-10,13-15H,11-12H2,1-3H3,(H3,27,30,36)(H,29,31,32). The molecule has 194 valence electrons. The SMILES string of the molecule is COc1ccc(CNc2ncnc3c2c(-c2ccn(C)n2)cn3-c2cncc(CNC(N)=O)c2)c(OC)c1. The number of nitrogens with zero attached hydrogens (tertiary/aromatic N) is 6. The number of aromatic nitrogens is 6. The van der Waals surface area contributed by atoms with Gasteiger partial charge in [-0.15, -0.1) is 0 Å². The zero-order valence-electron chi connectivity index (χ0n) is 21.2. The Balaban J connectivity index is 1.58. The molecule has 12 heteroatoms. The van der Waals surface area contributed by atoms with Gasteiger partial charge in [0.1, 0.15) is 23.6 Å². The predicted octanol–water partition coefficient (Wildman–Crippen LogP) is 3.01. The topological polar surface area (TPSA) is 147 Å². The summed E-state index contributed by atoms with van der Waals surface area (Å²) in [6, 6.07) is 8.94. The van der Waals surface area contributed by atoms with Crippen molar-refractivity contribution in [1.82, 2.24) is 34.6 Å². The molecule has 4 heterocycles. The van der Waals surface area contributed by atoms with Crippen LogP contribution in [0.3, 0.4) is 0 Å². The van der Waals surface area contributed by atoms with E-state index < -0.39 is 6.03 Å². The van der Waals surface area contributed by atoms with Gasteiger partial charge >= 0.3 is 6.03 Å². The number of hydrogen-bond donors (Lipinski definition) is 3. The molecule has 0 aliphatic heterocycles. The molecular formula is C26H27N9O3. The molecule has 0 unspecified atom stereocenters. The number of carbonyl (C=O) groups excluding carboxylic acids is 1. The lowest BCUT2D eigenvalue weighted by molar-refractivity contribution is 0.248. The third-order valence-corrected chi connectivity index (χ3v) is 6.04. The van der Waals surface area contributed by atoms with Crippen LogP contribution in [0, 0.1) is 0 Å². The summed E-state index contributed by atoms with van der Waals surface area (Å²) in [5.41, 5.74) is 10.0. The van der Waals surface area contributed by atoms with Gasteiger partial charge < -0.3 is 25.8 Å². The number of anilines is 1. The van der Waals surface area contributed by atoms with E-state index in [0.717, 1.165) is 33.5 Å². The molecule has 5 rings (SSSR count). The maximum absolute atomic E-state index is 11.2. The number of nitrogens with one attached hydrogen (secondary N) is 2. The minimum absolute atomic E-state index is 0.258. The Morgan fingerprint density at radius 2 is 1.95 bits per heavy atom. The molecule has 0 fully saturated rings. The van der Waals surface area contributed by atoms with Crippen molar-refractivity contribution >= 4 is 22.9 Å². The number of carbonyl (C=O) groups is 1. The molecular weight excluding hydrogens is 486 g/mol. The Hall–Kier alpha value is -5.13. The first-order chi connectivity index (χ1) is 18.5. The zero-order valence-corrected chi connectivity index (χ0v) is 21.2. The van der Waals surface area contributed by atoms with Gasteiger partial charge in [0.05, 0.1) is 37.2 Å². The van der Waals surface area contributed by atoms with E-state index in [1.54, 1.807) is 31.3 Å². The van der Waals surface area contributed by atoms with Gasteiger partial charge in [0, 0.05) is 55.9 Å². The fraction of sp³-hybridized carbons (Fsp3) is 0.192. The number of amides is 2. The highest BCUT2D eigenvalue weighted by Gasteiger charge is 2.19. The summed E-state index contributed by atoms with van der Waals surface area (Å²) in [7, 11) is 5.11. The second-order valence-electron chi connectivity index (χ2n) is 8.51. The number of urea groups is 1. The number of nitrogens with two attached hydrogens (primary N) is 1. The quantitative estimate of drug-likeness (QED) is 0.273. The van der Waals surface area contributed by atoms with E-state index >= 15 is 0 Å². The second-order valence-corrected chi connectivity index (χ2v) is 8.51. The number of pyridine rings is 1. The number of rotatable bonds is 9. The number of methoxy groups -OCH3 is 2. The number of fused-ring (bicyclic) bond motifs is 1. The summed E-state index contributed by atoms with van der Waals surface area (Å²) in [5.74, 6) is 2.07. The number of benzene rings is 1. The minimum Gasteiger partial charge on any atom is -0.497 e. The first kappa shape index (κ1) is 24.6. The van der Waals surface area contributed by atoms with Crippen molar-refractivity contribution in [1.29, 1.82) is 0 Å². The van der Waals surface area contributed by atoms with Crippen molar-refractivity contribution in [2.24, 2.45) is 12.8 Å². The summed E-state index contributed by atoms with van der Waals surface area (Å²) < 4.78 is 14.5. The van der Waals surface area contributed by atoms with Gasteiger partial charge in [-0.2, -0.15) is 5.10 Å². The van der Waals surface area contributed by atoms with Gasteiger partial charge in [-0.1, -0.05) is 0 Å². The summed E-state index contributed by atoms with van der Waals surface area (Å²) >= 11 is 0. The third kappa shape index (κ3) is 4.91. The van der Waals surface area contributed by atoms with Crippen molar-refractivity contribution in [3.63, 3.8) is 0 Å². The highest BCUT2D eigenvalue weighted by atomic mass is 16.5. The van der Waals surface area contributed by atoms with Gasteiger partial charge in [0.25, 0.3) is 0 Å². The summed E-state index contributed by atoms with van der Waals surface area (Å²) in [5, 5.41) is 11.5. The second kappa shape index (κ2) is 10.5. The zero-order chi connectivity index (χ0) is 26.6. The van der Waals surface area contributed by atoms with E-state index in [2.05, 4.69) is 30.7 Å². The molecule has 0 radical (unpaired) electrons. The van der Waals surface area contributed by atoms with Crippen molar-refractivity contribution < 1.29 is 14.3 Å². The minimum atomic E-state index is -0.601. The summed E-state index contributed by atoms with van der Waals surface area (Å²) in [6.07, 6.45) is 8.76. The number of aryl methyl sites for hydroxylation is 1. The van der Waals surface area contributed by atoms with Crippen LogP contribution in [-0.2, 0) is 20.1 Å². The third-order valence-electron chi connectivity index (χ3n) is 6.04. The normalized spacial score (nSPS) is 10.9. The molecule has 1 aromatic carbocycles. The molecule has 0 bridgehead atoms. The highest BCUT2D eigenvalue weighted by Crippen LogP contribution is 2.35. The molecule has 0 saturated heterocycles. The Bertz CT molecular complexity index is 1610. The lowest BCUT2D eigenvalue weighted by atomic mass is 10.1. The van der Waals surface area contributed by atoms with Crippen LogP contribution in [0.5, 0.6) is 11.5 Å². The number of hydrogen-bond acceptors (Lipinski definition) is 8. The molecule has 0 spiro atoms. The van der Waals surface area contributed by atoms with Gasteiger partial charge in [0.15, 0.2) is 5.65 Å². The molecule has 0 aliphatic carbocycles. The van der Waals surface area contributed by atoms with Gasteiger partial charge in [-0.05, 0) is 29.8 Å². The Labute approximate surface area is 218 Å². The van der Waals surface area contributed by atoms with Crippen molar-refractivity contribution in [2.45, 2.75) is 13.1 Å². The van der Waals surface area contributed by atoms with Crippen molar-refractivity contribution in [3.8, 4) is 28.4 Å². The monoisotopic (exact) mass is 513 g/mol. The fourth-order valence-corrected chi connectivity index (χ4v) is 4.21. The average Bonchev–Trinajstić information content (AvgIpc) is 3.54. The molecule has 5 aromatic rings. The van der Waals surface area contributed by atoms with Crippen LogP contribution < -0.4 is 25.8 Å². The van der Waals surface area contributed by atoms with Crippen LogP contribution >= 0.6 is 0 Å². The van der Waals surface area contributed by atoms with E-state index in [4.69, 9.17) is 15.2 Å². The van der Waals surface area contributed by atoms with Crippen LogP contribution in [0.1, 0.15) is 11.1 Å². The van der Waals surface area contributed by atoms with Crippen molar-refractivity contribution in [3.05, 3.63) is 72.6 Å². The molecule has 38 heavy (non-hydrogen) atoms. The van der Waals surface area contributed by atoms with Crippen LogP contribution in [-0.4, -0.2) is 49.6 Å². The Morgan fingerprint density at radius 3 is 2.68 bits per heavy atom. The predicted molar refractivity (Wildman–Crippen MR) is 142 cm³/mol. The van der Waals surface area contributed by atoms with Gasteiger partial charge in [-0.25, -0.2) is 14.8 Å². The Morgan fingerprint density at radius 1 is 1.08 bits per heavy atom. The summed E-state index contributed by atoms with van der Waals surface area (Å²) in [6.45, 7) is 0.718. The molecule has 0 saturated carbocycles. The average molecular weight is 514 g/mol. The number of ether oxygens (including phenoxy) is 2. The number of primary amides is 1. The molecule has 12 nitrogen and oxygen atoms in total. The molecule has 4 aromatic heterocycles. The molecule has 2 amide bonds. The lowest BCUT2D eigenvalue weighted by Gasteiger charge is -2.12. The van der Waals surface area contributed by atoms with Crippen LogP contribution in [0.25, 0.3) is 28.0 Å². The maximum atomic E-state index is 11.2. The fourth-order valence-electron chi connectivity index (χ4n) is 4.21. The Kier molecular flexibility index (Phi) is 6.76. The van der Waals surface area contributed by atoms with Crippen molar-refractivity contribution in [2.75, 3.05) is 19.5 Å². The van der Waals surface area contributed by atoms with E-state index in [9.17, 15) is 4.79 Å². The van der Waals surface area contributed by atoms with Crippen LogP contribution in [0.4, 0.5) is 10.6 Å². The molecule has 4 N–H and O–H groups in total. The van der Waals surface area contributed by atoms with Gasteiger partial charge in [-0.3, -0.25) is 14.2 Å². The van der Waals surface area contributed by atoms with E-state index in [1.165, 1.54) is 6.33 Å². The van der Waals surface area contributed by atoms with Gasteiger partial charge in [0.2, 0.25) is 0 Å². The highest BCUT2D eigenvalue weighted by molar-refractivity contribution is 6.01. The maximum Gasteiger partial charge on any atom is 0.312 e. The smallest absolute Gasteiger partial charge is 0.312 e. The van der Waals surface area contributed by atoms with Crippen LogP contribution in [0.15, 0.2) is 61.4 Å².